The maximum atomic E-state index is 13.0. The molecule has 0 saturated carbocycles. The van der Waals surface area contributed by atoms with Crippen molar-refractivity contribution in [2.24, 2.45) is 0 Å². The molecule has 0 spiro atoms. The molecule has 3 aromatic rings. The zero-order chi connectivity index (χ0) is 21.6. The first-order valence-corrected chi connectivity index (χ1v) is 10.5. The predicted octanol–water partition coefficient (Wildman–Crippen LogP) is 3.22. The van der Waals surface area contributed by atoms with Crippen LogP contribution in [0.4, 0.5) is 5.69 Å². The quantitative estimate of drug-likeness (QED) is 0.452. The lowest BCUT2D eigenvalue weighted by Crippen LogP contribution is -2.31. The molecule has 0 aliphatic carbocycles. The Kier molecular flexibility index (Phi) is 6.37. The Morgan fingerprint density at radius 2 is 1.84 bits per heavy atom. The number of carbonyl (C=O) groups is 1. The molecule has 1 fully saturated rings. The summed E-state index contributed by atoms with van der Waals surface area (Å²) < 4.78 is 1.76. The fraction of sp³-hybridized carbons (Fsp3) is 0.304. The first-order valence-electron chi connectivity index (χ1n) is 10.5. The summed E-state index contributed by atoms with van der Waals surface area (Å²) in [6.45, 7) is 2.30. The van der Waals surface area contributed by atoms with E-state index in [0.29, 0.717) is 17.8 Å². The molecule has 1 aliphatic rings. The minimum absolute atomic E-state index is 0.0261. The highest BCUT2D eigenvalue weighted by atomic mass is 16.6. The molecule has 2 aromatic carbocycles. The van der Waals surface area contributed by atoms with E-state index in [9.17, 15) is 14.9 Å². The number of non-ortho nitro benzene ring substituents is 1. The summed E-state index contributed by atoms with van der Waals surface area (Å²) in [6, 6.07) is 16.3. The maximum absolute atomic E-state index is 13.0. The Bertz CT molecular complexity index is 1040. The van der Waals surface area contributed by atoms with Gasteiger partial charge in [0.05, 0.1) is 28.1 Å². The van der Waals surface area contributed by atoms with Crippen molar-refractivity contribution in [2.45, 2.75) is 25.2 Å². The Labute approximate surface area is 180 Å². The predicted molar refractivity (Wildman–Crippen MR) is 118 cm³/mol. The van der Waals surface area contributed by atoms with E-state index in [1.54, 1.807) is 23.0 Å². The van der Waals surface area contributed by atoms with Crippen molar-refractivity contribution in [2.75, 3.05) is 19.6 Å². The van der Waals surface area contributed by atoms with Crippen LogP contribution in [0.2, 0.25) is 0 Å². The SMILES string of the molecule is O=C(NCCc1ccccc1)c1cnn(-c2ccc([N+](=O)[O-])cc2)c1C1CCNCC1. The van der Waals surface area contributed by atoms with E-state index in [0.717, 1.165) is 38.0 Å². The summed E-state index contributed by atoms with van der Waals surface area (Å²) >= 11 is 0. The van der Waals surface area contributed by atoms with Gasteiger partial charge < -0.3 is 10.6 Å². The zero-order valence-electron chi connectivity index (χ0n) is 17.2. The number of rotatable bonds is 7. The highest BCUT2D eigenvalue weighted by Gasteiger charge is 2.27. The number of amides is 1. The van der Waals surface area contributed by atoms with Gasteiger partial charge in [-0.3, -0.25) is 14.9 Å². The number of piperidine rings is 1. The number of nitrogens with one attached hydrogen (secondary N) is 2. The molecular weight excluding hydrogens is 394 g/mol. The lowest BCUT2D eigenvalue weighted by atomic mass is 9.91. The van der Waals surface area contributed by atoms with Crippen molar-refractivity contribution in [3.63, 3.8) is 0 Å². The third-order valence-electron chi connectivity index (χ3n) is 5.62. The molecule has 0 atom stereocenters. The van der Waals surface area contributed by atoms with Crippen molar-refractivity contribution >= 4 is 11.6 Å². The molecule has 8 heteroatoms. The van der Waals surface area contributed by atoms with Crippen LogP contribution in [-0.4, -0.2) is 40.2 Å². The van der Waals surface area contributed by atoms with Crippen LogP contribution in [0.5, 0.6) is 0 Å². The number of benzene rings is 2. The van der Waals surface area contributed by atoms with Gasteiger partial charge in [0.25, 0.3) is 11.6 Å². The number of aromatic nitrogens is 2. The molecule has 31 heavy (non-hydrogen) atoms. The average Bonchev–Trinajstić information content (AvgIpc) is 3.26. The fourth-order valence-corrected chi connectivity index (χ4v) is 4.00. The van der Waals surface area contributed by atoms with Crippen LogP contribution in [0.15, 0.2) is 60.8 Å². The normalized spacial score (nSPS) is 14.3. The average molecular weight is 419 g/mol. The number of hydrogen-bond acceptors (Lipinski definition) is 5. The van der Waals surface area contributed by atoms with Gasteiger partial charge in [-0.05, 0) is 50.0 Å². The highest BCUT2D eigenvalue weighted by molar-refractivity contribution is 5.95. The van der Waals surface area contributed by atoms with Crippen LogP contribution in [-0.2, 0) is 6.42 Å². The molecule has 4 rings (SSSR count). The molecule has 8 nitrogen and oxygen atoms in total. The summed E-state index contributed by atoms with van der Waals surface area (Å²) in [5.41, 5.74) is 3.34. The molecule has 0 unspecified atom stereocenters. The van der Waals surface area contributed by atoms with Gasteiger partial charge in [-0.2, -0.15) is 5.10 Å². The first-order chi connectivity index (χ1) is 15.1. The second-order valence-corrected chi connectivity index (χ2v) is 7.64. The van der Waals surface area contributed by atoms with E-state index in [4.69, 9.17) is 0 Å². The second-order valence-electron chi connectivity index (χ2n) is 7.64. The Morgan fingerprint density at radius 3 is 2.52 bits per heavy atom. The maximum Gasteiger partial charge on any atom is 0.269 e. The summed E-state index contributed by atoms with van der Waals surface area (Å²) in [7, 11) is 0. The number of hydrogen-bond donors (Lipinski definition) is 2. The number of nitro groups is 1. The van der Waals surface area contributed by atoms with Gasteiger partial charge in [0, 0.05) is 24.6 Å². The summed E-state index contributed by atoms with van der Waals surface area (Å²) in [6.07, 6.45) is 4.17. The molecular formula is C23H25N5O3. The van der Waals surface area contributed by atoms with Gasteiger partial charge in [0.15, 0.2) is 0 Å². The monoisotopic (exact) mass is 419 g/mol. The van der Waals surface area contributed by atoms with Crippen molar-refractivity contribution in [1.82, 2.24) is 20.4 Å². The molecule has 2 N–H and O–H groups in total. The van der Waals surface area contributed by atoms with Crippen LogP contribution in [0.1, 0.15) is 40.4 Å². The topological polar surface area (TPSA) is 102 Å². The fourth-order valence-electron chi connectivity index (χ4n) is 4.00. The summed E-state index contributed by atoms with van der Waals surface area (Å²) in [4.78, 5) is 23.6. The number of nitrogens with zero attached hydrogens (tertiary/aromatic N) is 3. The summed E-state index contributed by atoms with van der Waals surface area (Å²) in [5.74, 6) is 0.0476. The second kappa shape index (κ2) is 9.53. The molecule has 1 saturated heterocycles. The standard InChI is InChI=1S/C23H25N5O3/c29-23(25-15-10-17-4-2-1-3-5-17)21-16-26-27(22(21)18-11-13-24-14-12-18)19-6-8-20(9-7-19)28(30)31/h1-9,16,18,24H,10-15H2,(H,25,29). The van der Waals surface area contributed by atoms with Crippen molar-refractivity contribution in [3.05, 3.63) is 87.7 Å². The third-order valence-corrected chi connectivity index (χ3v) is 5.62. The van der Waals surface area contributed by atoms with Crippen LogP contribution in [0.25, 0.3) is 5.69 Å². The first kappa shape index (κ1) is 20.7. The molecule has 1 aromatic heterocycles. The van der Waals surface area contributed by atoms with Crippen LogP contribution in [0, 0.1) is 10.1 Å². The largest absolute Gasteiger partial charge is 0.352 e. The highest BCUT2D eigenvalue weighted by Crippen LogP contribution is 2.30. The van der Waals surface area contributed by atoms with E-state index < -0.39 is 4.92 Å². The van der Waals surface area contributed by atoms with Crippen LogP contribution < -0.4 is 10.6 Å². The molecule has 1 aliphatic heterocycles. The van der Waals surface area contributed by atoms with E-state index >= 15 is 0 Å². The minimum atomic E-state index is -0.424. The lowest BCUT2D eigenvalue weighted by Gasteiger charge is -2.24. The summed E-state index contributed by atoms with van der Waals surface area (Å²) in [5, 5.41) is 21.8. The minimum Gasteiger partial charge on any atom is -0.352 e. The van der Waals surface area contributed by atoms with E-state index in [1.807, 2.05) is 30.3 Å². The van der Waals surface area contributed by atoms with E-state index in [2.05, 4.69) is 15.7 Å². The van der Waals surface area contributed by atoms with E-state index in [1.165, 1.54) is 17.7 Å². The van der Waals surface area contributed by atoms with Crippen LogP contribution in [0.3, 0.4) is 0 Å². The Balaban J connectivity index is 1.58. The third kappa shape index (κ3) is 4.80. The van der Waals surface area contributed by atoms with Gasteiger partial charge in [-0.25, -0.2) is 4.68 Å². The molecule has 2 heterocycles. The molecule has 160 valence electrons. The number of carbonyl (C=O) groups excluding carboxylic acids is 1. The van der Waals surface area contributed by atoms with Gasteiger partial charge in [0.2, 0.25) is 0 Å². The van der Waals surface area contributed by atoms with Gasteiger partial charge in [-0.1, -0.05) is 30.3 Å². The van der Waals surface area contributed by atoms with Gasteiger partial charge >= 0.3 is 0 Å². The van der Waals surface area contributed by atoms with Crippen molar-refractivity contribution < 1.29 is 9.72 Å². The van der Waals surface area contributed by atoms with Crippen molar-refractivity contribution in [1.29, 1.82) is 0 Å². The molecule has 1 amide bonds. The lowest BCUT2D eigenvalue weighted by molar-refractivity contribution is -0.384. The van der Waals surface area contributed by atoms with E-state index in [-0.39, 0.29) is 17.5 Å². The Hall–Kier alpha value is -3.52. The Morgan fingerprint density at radius 1 is 1.13 bits per heavy atom. The number of nitro benzene ring substituents is 1. The molecule has 0 bridgehead atoms. The van der Waals surface area contributed by atoms with Gasteiger partial charge in [-0.15, -0.1) is 0 Å². The van der Waals surface area contributed by atoms with Gasteiger partial charge in [0.1, 0.15) is 0 Å². The van der Waals surface area contributed by atoms with Crippen molar-refractivity contribution in [3.8, 4) is 5.69 Å². The zero-order valence-corrected chi connectivity index (χ0v) is 17.2. The van der Waals surface area contributed by atoms with Crippen LogP contribution >= 0.6 is 0 Å². The molecule has 0 radical (unpaired) electrons. The smallest absolute Gasteiger partial charge is 0.269 e.